The summed E-state index contributed by atoms with van der Waals surface area (Å²) in [5.74, 6) is -0.723. The number of rotatable bonds is 5. The first-order valence-corrected chi connectivity index (χ1v) is 4.26. The van der Waals surface area contributed by atoms with Gasteiger partial charge in [0.15, 0.2) is 0 Å². The Hall–Kier alpha value is -1.06. The molecule has 76 valence electrons. The molecule has 1 amide bonds. The predicted octanol–water partition coefficient (Wildman–Crippen LogP) is 0.964. The predicted molar refractivity (Wildman–Crippen MR) is 49.3 cm³/mol. The van der Waals surface area contributed by atoms with Crippen molar-refractivity contribution in [1.82, 2.24) is 4.90 Å². The third-order valence-corrected chi connectivity index (χ3v) is 2.20. The Balaban J connectivity index is 4.72. The first-order chi connectivity index (χ1) is 5.84. The van der Waals surface area contributed by atoms with Crippen LogP contribution in [0, 0.1) is 5.92 Å². The van der Waals surface area contributed by atoms with Crippen molar-refractivity contribution in [2.75, 3.05) is 7.05 Å². The molecule has 0 rings (SSSR count). The third-order valence-electron chi connectivity index (χ3n) is 2.20. The molecule has 0 bridgehead atoms. The molecule has 0 aromatic rings. The molecular formula is C9H17NO3. The van der Waals surface area contributed by atoms with Crippen molar-refractivity contribution >= 4 is 12.4 Å². The summed E-state index contributed by atoms with van der Waals surface area (Å²) >= 11 is 0. The van der Waals surface area contributed by atoms with Crippen LogP contribution in [-0.4, -0.2) is 35.0 Å². The molecule has 1 unspecified atom stereocenters. The van der Waals surface area contributed by atoms with E-state index in [9.17, 15) is 9.59 Å². The zero-order valence-electron chi connectivity index (χ0n) is 8.57. The highest BCUT2D eigenvalue weighted by Gasteiger charge is 2.37. The largest absolute Gasteiger partial charge is 0.480 e. The van der Waals surface area contributed by atoms with Gasteiger partial charge < -0.3 is 10.0 Å². The van der Waals surface area contributed by atoms with Crippen LogP contribution in [0.4, 0.5) is 0 Å². The molecule has 0 aromatic carbocycles. The van der Waals surface area contributed by atoms with Crippen molar-refractivity contribution in [1.29, 1.82) is 0 Å². The SMILES string of the molecule is CC(C)CC(C)(C(=O)O)N(C)C=O. The molecule has 0 aliphatic heterocycles. The highest BCUT2D eigenvalue weighted by Crippen LogP contribution is 2.21. The molecule has 0 saturated heterocycles. The maximum atomic E-state index is 11.0. The van der Waals surface area contributed by atoms with Crippen molar-refractivity contribution in [3.05, 3.63) is 0 Å². The van der Waals surface area contributed by atoms with Gasteiger partial charge in [-0.05, 0) is 19.3 Å². The fraction of sp³-hybridized carbons (Fsp3) is 0.778. The van der Waals surface area contributed by atoms with Gasteiger partial charge in [-0.25, -0.2) is 4.79 Å². The number of hydrogen-bond acceptors (Lipinski definition) is 2. The average molecular weight is 187 g/mol. The molecule has 0 spiro atoms. The summed E-state index contributed by atoms with van der Waals surface area (Å²) in [5, 5.41) is 8.98. The number of nitrogens with zero attached hydrogens (tertiary/aromatic N) is 1. The van der Waals surface area contributed by atoms with Gasteiger partial charge in [-0.15, -0.1) is 0 Å². The second-order valence-corrected chi connectivity index (χ2v) is 3.89. The van der Waals surface area contributed by atoms with E-state index in [2.05, 4.69) is 0 Å². The quantitative estimate of drug-likeness (QED) is 0.652. The minimum absolute atomic E-state index is 0.239. The van der Waals surface area contributed by atoms with E-state index < -0.39 is 11.5 Å². The van der Waals surface area contributed by atoms with E-state index in [0.717, 1.165) is 0 Å². The molecule has 13 heavy (non-hydrogen) atoms. The maximum absolute atomic E-state index is 11.0. The summed E-state index contributed by atoms with van der Waals surface area (Å²) in [5.41, 5.74) is -1.09. The molecule has 0 aliphatic rings. The Morgan fingerprint density at radius 3 is 2.31 bits per heavy atom. The second kappa shape index (κ2) is 4.25. The standard InChI is InChI=1S/C9H17NO3/c1-7(2)5-9(3,8(12)13)10(4)6-11/h6-7H,5H2,1-4H3,(H,12,13). The van der Waals surface area contributed by atoms with Crippen LogP contribution in [0.5, 0.6) is 0 Å². The lowest BCUT2D eigenvalue weighted by Crippen LogP contribution is -2.50. The lowest BCUT2D eigenvalue weighted by atomic mass is 9.90. The lowest BCUT2D eigenvalue weighted by Gasteiger charge is -2.33. The van der Waals surface area contributed by atoms with Gasteiger partial charge in [0.1, 0.15) is 5.54 Å². The van der Waals surface area contributed by atoms with Crippen molar-refractivity contribution in [3.8, 4) is 0 Å². The van der Waals surface area contributed by atoms with Crippen LogP contribution in [-0.2, 0) is 9.59 Å². The van der Waals surface area contributed by atoms with Crippen molar-refractivity contribution < 1.29 is 14.7 Å². The normalized spacial score (nSPS) is 15.2. The summed E-state index contributed by atoms with van der Waals surface area (Å²) in [4.78, 5) is 22.7. The molecule has 0 heterocycles. The summed E-state index contributed by atoms with van der Waals surface area (Å²) in [6.45, 7) is 5.42. The van der Waals surface area contributed by atoms with Crippen molar-refractivity contribution in [2.24, 2.45) is 5.92 Å². The molecule has 1 N–H and O–H groups in total. The van der Waals surface area contributed by atoms with E-state index in [1.165, 1.54) is 11.9 Å². The number of hydrogen-bond donors (Lipinski definition) is 1. The Labute approximate surface area is 78.5 Å². The van der Waals surface area contributed by atoms with Gasteiger partial charge in [0, 0.05) is 7.05 Å². The van der Waals surface area contributed by atoms with Gasteiger partial charge in [0.25, 0.3) is 0 Å². The number of carboxylic acid groups (broad SMARTS) is 1. The van der Waals surface area contributed by atoms with Crippen LogP contribution >= 0.6 is 0 Å². The summed E-state index contributed by atoms with van der Waals surface area (Å²) in [6, 6.07) is 0. The summed E-state index contributed by atoms with van der Waals surface area (Å²) < 4.78 is 0. The summed E-state index contributed by atoms with van der Waals surface area (Å²) in [6.07, 6.45) is 1.01. The van der Waals surface area contributed by atoms with E-state index in [-0.39, 0.29) is 5.92 Å². The highest BCUT2D eigenvalue weighted by molar-refractivity contribution is 5.80. The van der Waals surface area contributed by atoms with Crippen molar-refractivity contribution in [2.45, 2.75) is 32.7 Å². The Kier molecular flexibility index (Phi) is 3.91. The molecule has 0 radical (unpaired) electrons. The molecular weight excluding hydrogens is 170 g/mol. The fourth-order valence-corrected chi connectivity index (χ4v) is 1.29. The van der Waals surface area contributed by atoms with Crippen LogP contribution in [0.25, 0.3) is 0 Å². The van der Waals surface area contributed by atoms with E-state index in [1.807, 2.05) is 13.8 Å². The maximum Gasteiger partial charge on any atom is 0.329 e. The molecule has 4 heteroatoms. The zero-order chi connectivity index (χ0) is 10.6. The Bertz CT molecular complexity index is 203. The second-order valence-electron chi connectivity index (χ2n) is 3.89. The monoisotopic (exact) mass is 187 g/mol. The van der Waals surface area contributed by atoms with E-state index in [0.29, 0.717) is 12.8 Å². The molecule has 0 saturated carbocycles. The molecule has 0 fully saturated rings. The van der Waals surface area contributed by atoms with Gasteiger partial charge in [0.2, 0.25) is 6.41 Å². The average Bonchev–Trinajstić information content (AvgIpc) is 2.01. The highest BCUT2D eigenvalue weighted by atomic mass is 16.4. The van der Waals surface area contributed by atoms with Gasteiger partial charge in [-0.2, -0.15) is 0 Å². The molecule has 0 aromatic heterocycles. The number of aliphatic carboxylic acids is 1. The van der Waals surface area contributed by atoms with Crippen LogP contribution in [0.3, 0.4) is 0 Å². The first-order valence-electron chi connectivity index (χ1n) is 4.26. The topological polar surface area (TPSA) is 57.6 Å². The van der Waals surface area contributed by atoms with E-state index >= 15 is 0 Å². The third kappa shape index (κ3) is 2.72. The number of carbonyl (C=O) groups excluding carboxylic acids is 1. The Morgan fingerprint density at radius 1 is 1.62 bits per heavy atom. The minimum atomic E-state index is -1.09. The molecule has 0 aliphatic carbocycles. The summed E-state index contributed by atoms with van der Waals surface area (Å²) in [7, 11) is 1.49. The van der Waals surface area contributed by atoms with Gasteiger partial charge in [-0.3, -0.25) is 4.79 Å². The number of amides is 1. The number of carbonyl (C=O) groups is 2. The first kappa shape index (κ1) is 11.9. The number of carboxylic acids is 1. The number of likely N-dealkylation sites (N-methyl/N-ethyl adjacent to an activating group) is 1. The molecule has 1 atom stereocenters. The van der Waals surface area contributed by atoms with E-state index in [1.54, 1.807) is 6.92 Å². The van der Waals surface area contributed by atoms with Gasteiger partial charge >= 0.3 is 5.97 Å². The van der Waals surface area contributed by atoms with Gasteiger partial charge in [-0.1, -0.05) is 13.8 Å². The van der Waals surface area contributed by atoms with Crippen molar-refractivity contribution in [3.63, 3.8) is 0 Å². The fourth-order valence-electron chi connectivity index (χ4n) is 1.29. The lowest BCUT2D eigenvalue weighted by molar-refractivity contribution is -0.153. The molecule has 4 nitrogen and oxygen atoms in total. The van der Waals surface area contributed by atoms with Gasteiger partial charge in [0.05, 0.1) is 0 Å². The van der Waals surface area contributed by atoms with E-state index in [4.69, 9.17) is 5.11 Å². The van der Waals surface area contributed by atoms with Crippen LogP contribution in [0.2, 0.25) is 0 Å². The van der Waals surface area contributed by atoms with Crippen LogP contribution in [0.15, 0.2) is 0 Å². The van der Waals surface area contributed by atoms with Crippen LogP contribution < -0.4 is 0 Å². The zero-order valence-corrected chi connectivity index (χ0v) is 8.57. The Morgan fingerprint density at radius 2 is 2.08 bits per heavy atom. The smallest absolute Gasteiger partial charge is 0.329 e. The van der Waals surface area contributed by atoms with Crippen LogP contribution in [0.1, 0.15) is 27.2 Å². The minimum Gasteiger partial charge on any atom is -0.480 e.